The molecule has 1 aromatic heterocycles. The quantitative estimate of drug-likeness (QED) is 0.897. The van der Waals surface area contributed by atoms with Crippen LogP contribution in [-0.2, 0) is 12.1 Å². The van der Waals surface area contributed by atoms with Gasteiger partial charge in [0.1, 0.15) is 0 Å². The van der Waals surface area contributed by atoms with Gasteiger partial charge in [-0.3, -0.25) is 0 Å². The Kier molecular flexibility index (Phi) is 3.76. The van der Waals surface area contributed by atoms with Crippen LogP contribution < -0.4 is 5.32 Å². The molecule has 4 heteroatoms. The zero-order chi connectivity index (χ0) is 13.2. The third-order valence-corrected chi connectivity index (χ3v) is 3.88. The number of nitrogens with zero attached hydrogens (tertiary/aromatic N) is 3. The van der Waals surface area contributed by atoms with Crippen molar-refractivity contribution in [1.29, 1.82) is 0 Å². The summed E-state index contributed by atoms with van der Waals surface area (Å²) in [7, 11) is 0. The smallest absolute Gasteiger partial charge is 0.0965 e. The van der Waals surface area contributed by atoms with Gasteiger partial charge in [-0.15, -0.1) is 5.10 Å². The second-order valence-electron chi connectivity index (χ2n) is 6.80. The molecule has 0 saturated heterocycles. The Morgan fingerprint density at radius 3 is 2.50 bits per heavy atom. The summed E-state index contributed by atoms with van der Waals surface area (Å²) in [6, 6.07) is 0. The lowest BCUT2D eigenvalue weighted by Crippen LogP contribution is -2.43. The molecule has 1 aliphatic carbocycles. The Morgan fingerprint density at radius 2 is 1.94 bits per heavy atom. The predicted molar refractivity (Wildman–Crippen MR) is 73.3 cm³/mol. The first-order valence-electron chi connectivity index (χ1n) is 7.06. The maximum Gasteiger partial charge on any atom is 0.0965 e. The molecular formula is C14H26N4. The Morgan fingerprint density at radius 1 is 1.28 bits per heavy atom. The van der Waals surface area contributed by atoms with Crippen molar-refractivity contribution in [3.05, 3.63) is 11.9 Å². The molecule has 1 aromatic rings. The topological polar surface area (TPSA) is 42.7 Å². The first kappa shape index (κ1) is 13.5. The molecule has 0 spiro atoms. The molecule has 4 nitrogen and oxygen atoms in total. The van der Waals surface area contributed by atoms with Gasteiger partial charge < -0.3 is 5.32 Å². The molecule has 0 radical (unpaired) electrons. The van der Waals surface area contributed by atoms with Gasteiger partial charge in [-0.05, 0) is 40.5 Å². The van der Waals surface area contributed by atoms with Crippen LogP contribution in [0.15, 0.2) is 6.20 Å². The van der Waals surface area contributed by atoms with Gasteiger partial charge in [-0.1, -0.05) is 24.5 Å². The van der Waals surface area contributed by atoms with Gasteiger partial charge >= 0.3 is 0 Å². The maximum atomic E-state index is 4.25. The van der Waals surface area contributed by atoms with Gasteiger partial charge in [-0.2, -0.15) is 0 Å². The molecule has 0 amide bonds. The summed E-state index contributed by atoms with van der Waals surface area (Å²) in [4.78, 5) is 0. The van der Waals surface area contributed by atoms with Crippen molar-refractivity contribution in [3.63, 3.8) is 0 Å². The van der Waals surface area contributed by atoms with Crippen LogP contribution in [-0.4, -0.2) is 20.5 Å². The number of nitrogens with one attached hydrogen (secondary N) is 1. The van der Waals surface area contributed by atoms with Crippen LogP contribution in [0.3, 0.4) is 0 Å². The van der Waals surface area contributed by atoms with E-state index in [1.54, 1.807) is 0 Å². The molecule has 0 atom stereocenters. The van der Waals surface area contributed by atoms with E-state index >= 15 is 0 Å². The Labute approximate surface area is 110 Å². The van der Waals surface area contributed by atoms with Gasteiger partial charge in [0.15, 0.2) is 0 Å². The molecule has 1 N–H and O–H groups in total. The highest BCUT2D eigenvalue weighted by molar-refractivity contribution is 4.97. The SMILES string of the molecule is CC1(NCc2cn(C(C)(C)C)nn2)CCCCC1. The molecule has 1 saturated carbocycles. The minimum Gasteiger partial charge on any atom is -0.306 e. The molecule has 1 heterocycles. The van der Waals surface area contributed by atoms with Crippen molar-refractivity contribution >= 4 is 0 Å². The Hall–Kier alpha value is -0.900. The normalized spacial score (nSPS) is 20.0. The predicted octanol–water partition coefficient (Wildman–Crippen LogP) is 2.85. The molecule has 0 unspecified atom stereocenters. The van der Waals surface area contributed by atoms with Gasteiger partial charge in [0.05, 0.1) is 17.4 Å². The lowest BCUT2D eigenvalue weighted by Gasteiger charge is -2.34. The second-order valence-corrected chi connectivity index (χ2v) is 6.80. The summed E-state index contributed by atoms with van der Waals surface area (Å²) in [5, 5.41) is 12.1. The van der Waals surface area contributed by atoms with Crippen LogP contribution in [0.2, 0.25) is 0 Å². The standard InChI is InChI=1S/C14H26N4/c1-13(2,3)18-11-12(16-17-18)10-15-14(4)8-6-5-7-9-14/h11,15H,5-10H2,1-4H3. The third-order valence-electron chi connectivity index (χ3n) is 3.88. The molecule has 18 heavy (non-hydrogen) atoms. The Bertz CT molecular complexity index is 383. The fraction of sp³-hybridized carbons (Fsp3) is 0.857. The van der Waals surface area contributed by atoms with Crippen LogP contribution in [0.4, 0.5) is 0 Å². The van der Waals surface area contributed by atoms with E-state index in [4.69, 9.17) is 0 Å². The molecule has 0 bridgehead atoms. The summed E-state index contributed by atoms with van der Waals surface area (Å²) in [5.74, 6) is 0. The van der Waals surface area contributed by atoms with E-state index in [0.29, 0.717) is 5.54 Å². The molecule has 0 aromatic carbocycles. The van der Waals surface area contributed by atoms with Crippen LogP contribution in [0.25, 0.3) is 0 Å². The lowest BCUT2D eigenvalue weighted by atomic mass is 9.83. The lowest BCUT2D eigenvalue weighted by molar-refractivity contribution is 0.251. The largest absolute Gasteiger partial charge is 0.306 e. The van der Waals surface area contributed by atoms with Gasteiger partial charge in [-0.25, -0.2) is 4.68 Å². The number of hydrogen-bond donors (Lipinski definition) is 1. The summed E-state index contributed by atoms with van der Waals surface area (Å²) in [6.45, 7) is 9.58. The van der Waals surface area contributed by atoms with Crippen LogP contribution >= 0.6 is 0 Å². The average molecular weight is 250 g/mol. The second kappa shape index (κ2) is 5.00. The minimum absolute atomic E-state index is 0.0139. The molecule has 2 rings (SSSR count). The van der Waals surface area contributed by atoms with Gasteiger partial charge in [0.25, 0.3) is 0 Å². The zero-order valence-corrected chi connectivity index (χ0v) is 12.2. The van der Waals surface area contributed by atoms with Crippen molar-refractivity contribution in [2.45, 2.75) is 77.4 Å². The average Bonchev–Trinajstić information content (AvgIpc) is 2.76. The van der Waals surface area contributed by atoms with Gasteiger partial charge in [0.2, 0.25) is 0 Å². The van der Waals surface area contributed by atoms with E-state index in [0.717, 1.165) is 12.2 Å². The maximum absolute atomic E-state index is 4.25. The van der Waals surface area contributed by atoms with Crippen LogP contribution in [0, 0.1) is 0 Å². The van der Waals surface area contributed by atoms with Crippen LogP contribution in [0.5, 0.6) is 0 Å². The van der Waals surface area contributed by atoms with E-state index in [1.807, 2.05) is 4.68 Å². The van der Waals surface area contributed by atoms with E-state index in [2.05, 4.69) is 49.5 Å². The zero-order valence-electron chi connectivity index (χ0n) is 12.2. The fourth-order valence-electron chi connectivity index (χ4n) is 2.52. The van der Waals surface area contributed by atoms with E-state index in [9.17, 15) is 0 Å². The summed E-state index contributed by atoms with van der Waals surface area (Å²) < 4.78 is 1.94. The summed E-state index contributed by atoms with van der Waals surface area (Å²) in [5.41, 5.74) is 1.35. The third kappa shape index (κ3) is 3.31. The van der Waals surface area contributed by atoms with E-state index in [-0.39, 0.29) is 5.54 Å². The van der Waals surface area contributed by atoms with E-state index < -0.39 is 0 Å². The Balaban J connectivity index is 1.92. The molecule has 0 aliphatic heterocycles. The number of aromatic nitrogens is 3. The first-order valence-corrected chi connectivity index (χ1v) is 7.06. The molecular weight excluding hydrogens is 224 g/mol. The van der Waals surface area contributed by atoms with Crippen molar-refractivity contribution in [1.82, 2.24) is 20.3 Å². The molecule has 102 valence electrons. The van der Waals surface area contributed by atoms with Crippen molar-refractivity contribution in [2.24, 2.45) is 0 Å². The van der Waals surface area contributed by atoms with Crippen molar-refractivity contribution in [3.8, 4) is 0 Å². The van der Waals surface area contributed by atoms with E-state index in [1.165, 1.54) is 32.1 Å². The highest BCUT2D eigenvalue weighted by Crippen LogP contribution is 2.27. The van der Waals surface area contributed by atoms with Crippen LogP contribution in [0.1, 0.15) is 65.5 Å². The molecule has 1 aliphatic rings. The van der Waals surface area contributed by atoms with Gasteiger partial charge in [0, 0.05) is 12.1 Å². The molecule has 1 fully saturated rings. The first-order chi connectivity index (χ1) is 8.39. The minimum atomic E-state index is 0.0139. The highest BCUT2D eigenvalue weighted by Gasteiger charge is 2.26. The number of rotatable bonds is 3. The summed E-state index contributed by atoms with van der Waals surface area (Å²) in [6.07, 6.45) is 8.69. The number of hydrogen-bond acceptors (Lipinski definition) is 3. The van der Waals surface area contributed by atoms with Crippen molar-refractivity contribution < 1.29 is 0 Å². The fourth-order valence-corrected chi connectivity index (χ4v) is 2.52. The summed E-state index contributed by atoms with van der Waals surface area (Å²) >= 11 is 0. The monoisotopic (exact) mass is 250 g/mol. The van der Waals surface area contributed by atoms with Crippen molar-refractivity contribution in [2.75, 3.05) is 0 Å². The highest BCUT2D eigenvalue weighted by atomic mass is 15.4.